The van der Waals surface area contributed by atoms with Gasteiger partial charge in [-0.15, -0.1) is 0 Å². The number of hydrogen-bond donors (Lipinski definition) is 1. The number of carbonyl (C=O) groups excluding carboxylic acids is 1. The minimum atomic E-state index is -0.632. The van der Waals surface area contributed by atoms with Crippen molar-refractivity contribution >= 4 is 22.6 Å². The minimum Gasteiger partial charge on any atom is -0.422 e. The fourth-order valence-electron chi connectivity index (χ4n) is 2.35. The van der Waals surface area contributed by atoms with Crippen molar-refractivity contribution in [2.24, 2.45) is 0 Å². The zero-order valence-electron chi connectivity index (χ0n) is 12.3. The van der Waals surface area contributed by atoms with Crippen LogP contribution < -0.4 is 10.9 Å². The van der Waals surface area contributed by atoms with Gasteiger partial charge in [-0.25, -0.2) is 4.79 Å². The Morgan fingerprint density at radius 1 is 1.00 bits per heavy atom. The molecular formula is C18H15NO3. The van der Waals surface area contributed by atoms with Crippen molar-refractivity contribution in [3.8, 4) is 0 Å². The summed E-state index contributed by atoms with van der Waals surface area (Å²) in [4.78, 5) is 24.4. The third-order valence-electron chi connectivity index (χ3n) is 3.59. The first-order valence-electron chi connectivity index (χ1n) is 6.97. The predicted octanol–water partition coefficient (Wildman–Crippen LogP) is 3.66. The second kappa shape index (κ2) is 5.48. The first-order valence-corrected chi connectivity index (χ1v) is 6.97. The number of rotatable bonds is 2. The fraction of sp³-hybridized carbons (Fsp3) is 0.111. The van der Waals surface area contributed by atoms with Crippen LogP contribution in [0.5, 0.6) is 0 Å². The maximum absolute atomic E-state index is 12.3. The standard InChI is InChI=1S/C18H15NO3/c1-11-6-3-4-9-15(11)19-17(20)14-10-13-8-5-7-12(2)16(13)22-18(14)21/h3-10H,1-2H3,(H,19,20). The Kier molecular flexibility index (Phi) is 3.51. The number of benzene rings is 2. The van der Waals surface area contributed by atoms with Crippen LogP contribution in [0.2, 0.25) is 0 Å². The summed E-state index contributed by atoms with van der Waals surface area (Å²) in [6, 6.07) is 14.5. The maximum Gasteiger partial charge on any atom is 0.349 e. The van der Waals surface area contributed by atoms with Crippen molar-refractivity contribution in [2.45, 2.75) is 13.8 Å². The second-order valence-corrected chi connectivity index (χ2v) is 5.21. The lowest BCUT2D eigenvalue weighted by Gasteiger charge is -2.08. The van der Waals surface area contributed by atoms with Gasteiger partial charge in [0.05, 0.1) is 0 Å². The van der Waals surface area contributed by atoms with E-state index >= 15 is 0 Å². The third kappa shape index (κ3) is 2.51. The summed E-state index contributed by atoms with van der Waals surface area (Å²) < 4.78 is 5.30. The van der Waals surface area contributed by atoms with Gasteiger partial charge in [-0.2, -0.15) is 0 Å². The molecule has 22 heavy (non-hydrogen) atoms. The van der Waals surface area contributed by atoms with Crippen LogP contribution in [0.3, 0.4) is 0 Å². The summed E-state index contributed by atoms with van der Waals surface area (Å²) in [5.41, 5.74) is 2.35. The summed E-state index contributed by atoms with van der Waals surface area (Å²) in [6.07, 6.45) is 0. The Morgan fingerprint density at radius 3 is 2.50 bits per heavy atom. The number of anilines is 1. The molecule has 0 bridgehead atoms. The molecular weight excluding hydrogens is 278 g/mol. The lowest BCUT2D eigenvalue weighted by atomic mass is 10.1. The highest BCUT2D eigenvalue weighted by Gasteiger charge is 2.15. The molecule has 3 rings (SSSR count). The number of nitrogens with one attached hydrogen (secondary N) is 1. The average molecular weight is 293 g/mol. The molecule has 0 fully saturated rings. The molecule has 3 aromatic rings. The highest BCUT2D eigenvalue weighted by atomic mass is 16.4. The van der Waals surface area contributed by atoms with Crippen LogP contribution in [0.4, 0.5) is 5.69 Å². The Morgan fingerprint density at radius 2 is 1.73 bits per heavy atom. The molecule has 4 heteroatoms. The highest BCUT2D eigenvalue weighted by Crippen LogP contribution is 2.19. The number of carbonyl (C=O) groups is 1. The summed E-state index contributed by atoms with van der Waals surface area (Å²) in [5, 5.41) is 3.48. The second-order valence-electron chi connectivity index (χ2n) is 5.21. The van der Waals surface area contributed by atoms with Crippen molar-refractivity contribution in [1.29, 1.82) is 0 Å². The van der Waals surface area contributed by atoms with Crippen LogP contribution >= 0.6 is 0 Å². The Hall–Kier alpha value is -2.88. The molecule has 0 aliphatic rings. The molecule has 4 nitrogen and oxygen atoms in total. The van der Waals surface area contributed by atoms with Gasteiger partial charge in [-0.3, -0.25) is 4.79 Å². The molecule has 110 valence electrons. The van der Waals surface area contributed by atoms with Gasteiger partial charge in [-0.1, -0.05) is 36.4 Å². The van der Waals surface area contributed by atoms with Gasteiger partial charge in [0.2, 0.25) is 0 Å². The molecule has 2 aromatic carbocycles. The van der Waals surface area contributed by atoms with E-state index in [4.69, 9.17) is 4.42 Å². The van der Waals surface area contributed by atoms with Gasteiger partial charge in [-0.05, 0) is 37.1 Å². The Labute approximate surface area is 127 Å². The van der Waals surface area contributed by atoms with Gasteiger partial charge in [0, 0.05) is 11.1 Å². The first-order chi connectivity index (χ1) is 10.6. The van der Waals surface area contributed by atoms with E-state index in [1.54, 1.807) is 12.1 Å². The van der Waals surface area contributed by atoms with Crippen LogP contribution in [0, 0.1) is 13.8 Å². The van der Waals surface area contributed by atoms with Crippen molar-refractivity contribution in [3.05, 3.63) is 75.6 Å². The number of fused-ring (bicyclic) bond motifs is 1. The molecule has 0 aliphatic heterocycles. The van der Waals surface area contributed by atoms with Gasteiger partial charge >= 0.3 is 5.63 Å². The SMILES string of the molecule is Cc1ccccc1NC(=O)c1cc2cccc(C)c2oc1=O. The minimum absolute atomic E-state index is 0.00125. The Balaban J connectivity index is 2.03. The monoisotopic (exact) mass is 293 g/mol. The van der Waals surface area contributed by atoms with E-state index in [-0.39, 0.29) is 5.56 Å². The smallest absolute Gasteiger partial charge is 0.349 e. The molecule has 0 aliphatic carbocycles. The topological polar surface area (TPSA) is 59.3 Å². The summed E-state index contributed by atoms with van der Waals surface area (Å²) >= 11 is 0. The van der Waals surface area contributed by atoms with Crippen molar-refractivity contribution in [3.63, 3.8) is 0 Å². The van der Waals surface area contributed by atoms with Crippen LogP contribution in [0.25, 0.3) is 11.0 Å². The van der Waals surface area contributed by atoms with E-state index in [1.807, 2.05) is 50.2 Å². The van der Waals surface area contributed by atoms with Crippen LogP contribution in [0.15, 0.2) is 57.7 Å². The number of aryl methyl sites for hydroxylation is 2. The zero-order chi connectivity index (χ0) is 15.7. The summed E-state index contributed by atoms with van der Waals surface area (Å²) in [5.74, 6) is -0.466. The van der Waals surface area contributed by atoms with Crippen molar-refractivity contribution < 1.29 is 9.21 Å². The largest absolute Gasteiger partial charge is 0.422 e. The molecule has 0 atom stereocenters. The molecule has 0 saturated carbocycles. The Bertz CT molecular complexity index is 925. The molecule has 1 aromatic heterocycles. The number of amides is 1. The van der Waals surface area contributed by atoms with Gasteiger partial charge in [0.25, 0.3) is 5.91 Å². The predicted molar refractivity (Wildman–Crippen MR) is 86.4 cm³/mol. The molecule has 0 unspecified atom stereocenters. The molecule has 1 heterocycles. The van der Waals surface area contributed by atoms with Crippen molar-refractivity contribution in [1.82, 2.24) is 0 Å². The van der Waals surface area contributed by atoms with E-state index in [1.165, 1.54) is 0 Å². The molecule has 0 spiro atoms. The average Bonchev–Trinajstić information content (AvgIpc) is 2.50. The number of para-hydroxylation sites is 2. The first kappa shape index (κ1) is 14.1. The van der Waals surface area contributed by atoms with E-state index in [0.717, 1.165) is 16.5 Å². The molecule has 0 radical (unpaired) electrons. The quantitative estimate of drug-likeness (QED) is 0.733. The van der Waals surface area contributed by atoms with E-state index in [0.29, 0.717) is 11.3 Å². The van der Waals surface area contributed by atoms with E-state index in [2.05, 4.69) is 5.32 Å². The maximum atomic E-state index is 12.3. The lowest BCUT2D eigenvalue weighted by Crippen LogP contribution is -2.21. The van der Waals surface area contributed by atoms with Crippen LogP contribution in [0.1, 0.15) is 21.5 Å². The number of hydrogen-bond acceptors (Lipinski definition) is 3. The zero-order valence-corrected chi connectivity index (χ0v) is 12.3. The van der Waals surface area contributed by atoms with Gasteiger partial charge in [0.15, 0.2) is 0 Å². The van der Waals surface area contributed by atoms with E-state index in [9.17, 15) is 9.59 Å². The van der Waals surface area contributed by atoms with Crippen LogP contribution in [-0.2, 0) is 0 Å². The lowest BCUT2D eigenvalue weighted by molar-refractivity contribution is 0.102. The van der Waals surface area contributed by atoms with Crippen LogP contribution in [-0.4, -0.2) is 5.91 Å². The summed E-state index contributed by atoms with van der Waals surface area (Å²) in [7, 11) is 0. The normalized spacial score (nSPS) is 10.6. The van der Waals surface area contributed by atoms with Crippen molar-refractivity contribution in [2.75, 3.05) is 5.32 Å². The molecule has 1 amide bonds. The third-order valence-corrected chi connectivity index (χ3v) is 3.59. The molecule has 1 N–H and O–H groups in total. The van der Waals surface area contributed by atoms with Gasteiger partial charge < -0.3 is 9.73 Å². The molecule has 0 saturated heterocycles. The van der Waals surface area contributed by atoms with E-state index < -0.39 is 11.5 Å². The highest BCUT2D eigenvalue weighted by molar-refractivity contribution is 6.05. The fourth-order valence-corrected chi connectivity index (χ4v) is 2.35. The van der Waals surface area contributed by atoms with Gasteiger partial charge in [0.1, 0.15) is 11.1 Å². The summed E-state index contributed by atoms with van der Waals surface area (Å²) in [6.45, 7) is 3.75.